The van der Waals surface area contributed by atoms with Gasteiger partial charge in [-0.3, -0.25) is 14.5 Å². The summed E-state index contributed by atoms with van der Waals surface area (Å²) in [5.74, 6) is -1.31. The summed E-state index contributed by atoms with van der Waals surface area (Å²) >= 11 is 1.18. The molecule has 170 valence electrons. The van der Waals surface area contributed by atoms with Crippen LogP contribution in [0.5, 0.6) is 0 Å². The Morgan fingerprint density at radius 2 is 1.59 bits per heavy atom. The second kappa shape index (κ2) is 9.94. The predicted molar refractivity (Wildman–Crippen MR) is 133 cm³/mol. The monoisotopic (exact) mass is 471 g/mol. The summed E-state index contributed by atoms with van der Waals surface area (Å²) in [5, 5.41) is 12.3. The Morgan fingerprint density at radius 1 is 1.00 bits per heavy atom. The van der Waals surface area contributed by atoms with Gasteiger partial charge in [-0.1, -0.05) is 59.3 Å². The van der Waals surface area contributed by atoms with Crippen LogP contribution in [0.15, 0.2) is 83.4 Å². The van der Waals surface area contributed by atoms with Crippen LogP contribution in [-0.4, -0.2) is 17.1 Å². The lowest BCUT2D eigenvalue weighted by molar-refractivity contribution is -0.117. The third-order valence-corrected chi connectivity index (χ3v) is 6.70. The zero-order chi connectivity index (χ0) is 24.2. The Labute approximate surface area is 201 Å². The van der Waals surface area contributed by atoms with E-state index in [0.29, 0.717) is 17.8 Å². The van der Waals surface area contributed by atoms with Gasteiger partial charge in [-0.15, -0.1) is 0 Å². The molecule has 1 N–H and O–H groups in total. The van der Waals surface area contributed by atoms with Crippen molar-refractivity contribution in [3.05, 3.63) is 106 Å². The van der Waals surface area contributed by atoms with Gasteiger partial charge < -0.3 is 5.32 Å². The summed E-state index contributed by atoms with van der Waals surface area (Å²) < 4.78 is 13.6. The molecule has 0 aliphatic carbocycles. The summed E-state index contributed by atoms with van der Waals surface area (Å²) in [4.78, 5) is 27.8. The van der Waals surface area contributed by atoms with Crippen molar-refractivity contribution in [2.45, 2.75) is 25.5 Å². The van der Waals surface area contributed by atoms with E-state index >= 15 is 0 Å². The summed E-state index contributed by atoms with van der Waals surface area (Å²) in [6.07, 6.45) is 0.434. The first-order valence-corrected chi connectivity index (χ1v) is 11.6. The topological polar surface area (TPSA) is 73.2 Å². The van der Waals surface area contributed by atoms with Crippen molar-refractivity contribution < 1.29 is 14.0 Å². The number of amides is 2. The van der Waals surface area contributed by atoms with E-state index in [9.17, 15) is 19.2 Å². The van der Waals surface area contributed by atoms with Crippen LogP contribution in [-0.2, 0) is 16.0 Å². The van der Waals surface area contributed by atoms with Gasteiger partial charge in [0.15, 0.2) is 0 Å². The van der Waals surface area contributed by atoms with Gasteiger partial charge in [-0.25, -0.2) is 4.39 Å². The minimum atomic E-state index is -0.607. The zero-order valence-corrected chi connectivity index (χ0v) is 19.5. The highest BCUT2D eigenvalue weighted by Crippen LogP contribution is 2.42. The minimum Gasteiger partial charge on any atom is -0.321 e. The number of nitriles is 1. The van der Waals surface area contributed by atoms with Crippen LogP contribution in [0.4, 0.5) is 15.8 Å². The Hall–Kier alpha value is -3.89. The second-order valence-corrected chi connectivity index (χ2v) is 9.25. The normalized spacial score (nSPS) is 16.8. The van der Waals surface area contributed by atoms with E-state index in [1.807, 2.05) is 56.3 Å². The summed E-state index contributed by atoms with van der Waals surface area (Å²) in [5.41, 5.74) is 3.89. The molecule has 0 bridgehead atoms. The van der Waals surface area contributed by atoms with Gasteiger partial charge in [-0.05, 0) is 62.2 Å². The van der Waals surface area contributed by atoms with Gasteiger partial charge in [0.2, 0.25) is 5.91 Å². The maximum atomic E-state index is 13.6. The smallest absolute Gasteiger partial charge is 0.269 e. The largest absolute Gasteiger partial charge is 0.321 e. The van der Waals surface area contributed by atoms with E-state index in [4.69, 9.17) is 0 Å². The Bertz CT molecular complexity index is 1290. The molecule has 0 unspecified atom stereocenters. The van der Waals surface area contributed by atoms with Crippen molar-refractivity contribution in [1.29, 1.82) is 5.26 Å². The van der Waals surface area contributed by atoms with E-state index in [1.54, 1.807) is 12.1 Å². The number of carbonyl (C=O) groups excluding carboxylic acids is 2. The van der Waals surface area contributed by atoms with Crippen LogP contribution >= 0.6 is 11.8 Å². The maximum absolute atomic E-state index is 13.6. The van der Waals surface area contributed by atoms with Gasteiger partial charge in [0, 0.05) is 11.4 Å². The Balaban J connectivity index is 1.71. The average Bonchev–Trinajstić information content (AvgIpc) is 3.13. The molecular formula is C27H22FN3O2S. The van der Waals surface area contributed by atoms with Gasteiger partial charge >= 0.3 is 0 Å². The van der Waals surface area contributed by atoms with Gasteiger partial charge in [-0.2, -0.15) is 5.26 Å². The molecule has 2 amide bonds. The lowest BCUT2D eigenvalue weighted by Gasteiger charge is -2.18. The van der Waals surface area contributed by atoms with Gasteiger partial charge in [0.25, 0.3) is 5.91 Å². The quantitative estimate of drug-likeness (QED) is 0.394. The molecule has 1 aliphatic heterocycles. The zero-order valence-electron chi connectivity index (χ0n) is 18.7. The van der Waals surface area contributed by atoms with E-state index in [2.05, 4.69) is 5.32 Å². The molecule has 3 aromatic rings. The van der Waals surface area contributed by atoms with Crippen molar-refractivity contribution >= 4 is 35.0 Å². The number of benzene rings is 3. The molecule has 1 fully saturated rings. The first kappa shape index (κ1) is 23.3. The van der Waals surface area contributed by atoms with Crippen LogP contribution in [0.25, 0.3) is 0 Å². The first-order chi connectivity index (χ1) is 16.4. The molecule has 34 heavy (non-hydrogen) atoms. The molecule has 1 saturated heterocycles. The van der Waals surface area contributed by atoms with Crippen molar-refractivity contribution in [3.63, 3.8) is 0 Å². The summed E-state index contributed by atoms with van der Waals surface area (Å²) in [6, 6.07) is 22.5. The number of nitrogens with zero attached hydrogens (tertiary/aromatic N) is 2. The molecule has 0 aromatic heterocycles. The van der Waals surface area contributed by atoms with Crippen LogP contribution in [0.1, 0.15) is 16.7 Å². The predicted octanol–water partition coefficient (Wildman–Crippen LogP) is 5.51. The number of carbonyl (C=O) groups is 2. The van der Waals surface area contributed by atoms with Crippen LogP contribution in [0.3, 0.4) is 0 Å². The van der Waals surface area contributed by atoms with Crippen molar-refractivity contribution in [3.8, 4) is 6.07 Å². The highest BCUT2D eigenvalue weighted by atomic mass is 32.2. The lowest BCUT2D eigenvalue weighted by atomic mass is 10.1. The van der Waals surface area contributed by atoms with Crippen LogP contribution in [0.2, 0.25) is 0 Å². The third kappa shape index (κ3) is 5.03. The number of halogens is 1. The first-order valence-electron chi connectivity index (χ1n) is 10.7. The van der Waals surface area contributed by atoms with E-state index in [-0.39, 0.29) is 16.5 Å². The molecule has 1 aliphatic rings. The SMILES string of the molecule is Cc1ccc(C[C@H]2S/C(=C(/C#N)C(=O)Nc3ccc(C)cc3)N(c3ccc(F)cc3)C2=O)cc1. The highest BCUT2D eigenvalue weighted by molar-refractivity contribution is 8.05. The summed E-state index contributed by atoms with van der Waals surface area (Å²) in [6.45, 7) is 3.92. The highest BCUT2D eigenvalue weighted by Gasteiger charge is 2.40. The fraction of sp³-hybridized carbons (Fsp3) is 0.148. The Morgan fingerprint density at radius 3 is 2.18 bits per heavy atom. The minimum absolute atomic E-state index is 0.172. The molecule has 1 heterocycles. The molecule has 4 rings (SSSR count). The molecule has 0 saturated carbocycles. The van der Waals surface area contributed by atoms with Crippen LogP contribution < -0.4 is 10.2 Å². The number of hydrogen-bond donors (Lipinski definition) is 1. The molecule has 7 heteroatoms. The molecule has 5 nitrogen and oxygen atoms in total. The van der Waals surface area contributed by atoms with Crippen molar-refractivity contribution in [1.82, 2.24) is 0 Å². The molecule has 0 spiro atoms. The standard InChI is InChI=1S/C27H22FN3O2S/c1-17-3-7-19(8-4-17)15-24-26(33)31(22-13-9-20(28)10-14-22)27(34-24)23(16-29)25(32)30-21-11-5-18(2)6-12-21/h3-14,24H,15H2,1-2H3,(H,30,32)/b27-23-/t24-/m1/s1. The van der Waals surface area contributed by atoms with Crippen LogP contribution in [0, 0.1) is 31.0 Å². The fourth-order valence-electron chi connectivity index (χ4n) is 3.58. The van der Waals surface area contributed by atoms with E-state index in [1.165, 1.54) is 40.9 Å². The van der Waals surface area contributed by atoms with Gasteiger partial charge in [0.1, 0.15) is 22.5 Å². The lowest BCUT2D eigenvalue weighted by Crippen LogP contribution is -2.30. The number of nitrogens with one attached hydrogen (secondary N) is 1. The van der Waals surface area contributed by atoms with E-state index < -0.39 is 17.0 Å². The maximum Gasteiger partial charge on any atom is 0.269 e. The number of anilines is 2. The Kier molecular flexibility index (Phi) is 6.80. The molecule has 0 radical (unpaired) electrons. The number of rotatable bonds is 5. The second-order valence-electron chi connectivity index (χ2n) is 8.06. The molecule has 1 atom stereocenters. The van der Waals surface area contributed by atoms with Gasteiger partial charge in [0.05, 0.1) is 5.25 Å². The fourth-order valence-corrected chi connectivity index (χ4v) is 4.89. The number of hydrogen-bond acceptors (Lipinski definition) is 4. The third-order valence-electron chi connectivity index (χ3n) is 5.44. The number of aryl methyl sites for hydroxylation is 2. The number of thioether (sulfide) groups is 1. The average molecular weight is 472 g/mol. The van der Waals surface area contributed by atoms with Crippen molar-refractivity contribution in [2.24, 2.45) is 0 Å². The summed E-state index contributed by atoms with van der Waals surface area (Å²) in [7, 11) is 0. The molecular weight excluding hydrogens is 449 g/mol. The van der Waals surface area contributed by atoms with E-state index in [0.717, 1.165) is 16.7 Å². The van der Waals surface area contributed by atoms with Crippen molar-refractivity contribution in [2.75, 3.05) is 10.2 Å². The molecule has 3 aromatic carbocycles.